The summed E-state index contributed by atoms with van der Waals surface area (Å²) < 4.78 is 0. The molecule has 0 saturated carbocycles. The molecule has 0 radical (unpaired) electrons. The van der Waals surface area contributed by atoms with Gasteiger partial charge in [0, 0.05) is 17.8 Å². The smallest absolute Gasteiger partial charge is 1.00 e. The van der Waals surface area contributed by atoms with Crippen LogP contribution in [0.2, 0.25) is 0 Å². The van der Waals surface area contributed by atoms with Crippen molar-refractivity contribution in [3.05, 3.63) is 10.1 Å². The van der Waals surface area contributed by atoms with Gasteiger partial charge in [-0.2, -0.15) is 0 Å². The first kappa shape index (κ1) is 24.6. The molecule has 0 fully saturated rings. The third-order valence-corrected chi connectivity index (χ3v) is 3.98. The normalized spacial score (nSPS) is 11.7. The summed E-state index contributed by atoms with van der Waals surface area (Å²) in [5.74, 6) is -0.165. The molecule has 0 rings (SSSR count). The molecule has 0 bridgehead atoms. The molecule has 0 amide bonds. The Morgan fingerprint density at radius 1 is 0.909 bits per heavy atom. The predicted molar refractivity (Wildman–Crippen MR) is 95.1 cm³/mol. The molecule has 1 unspecified atom stereocenters. The maximum absolute atomic E-state index is 11.9. The van der Waals surface area contributed by atoms with E-state index in [4.69, 9.17) is 0 Å². The summed E-state index contributed by atoms with van der Waals surface area (Å²) in [7, 11) is 0. The van der Waals surface area contributed by atoms with E-state index >= 15 is 0 Å². The van der Waals surface area contributed by atoms with E-state index < -0.39 is 6.04 Å². The zero-order valence-corrected chi connectivity index (χ0v) is 16.9. The zero-order valence-electron chi connectivity index (χ0n) is 16.6. The number of Topliss-reactive ketones (excluding diaryl/α,β-unsaturated/α-hetero) is 1. The number of nitro groups is 1. The summed E-state index contributed by atoms with van der Waals surface area (Å²) in [4.78, 5) is 22.6. The van der Waals surface area contributed by atoms with Gasteiger partial charge in [-0.1, -0.05) is 71.6 Å². The number of rotatable bonds is 15. The van der Waals surface area contributed by atoms with E-state index in [9.17, 15) is 14.9 Å². The third-order valence-electron chi connectivity index (χ3n) is 3.98. The Hall–Kier alpha value is 0.330. The summed E-state index contributed by atoms with van der Waals surface area (Å²) in [6, 6.07) is -0.956. The van der Waals surface area contributed by atoms with Crippen LogP contribution in [0.3, 0.4) is 0 Å². The average molecular weight is 342 g/mol. The first-order valence-corrected chi connectivity index (χ1v) is 8.79. The molecule has 0 spiro atoms. The second-order valence-electron chi connectivity index (χ2n) is 5.99. The van der Waals surface area contributed by atoms with Crippen LogP contribution < -0.4 is 0 Å². The molecule has 0 saturated heterocycles. The zero-order chi connectivity index (χ0) is 15.9. The first-order chi connectivity index (χ1) is 10.1. The van der Waals surface area contributed by atoms with Crippen LogP contribution in [0.4, 0.5) is 0 Å². The van der Waals surface area contributed by atoms with Crippen LogP contribution in [0, 0.1) is 10.1 Å². The Labute approximate surface area is 168 Å². The summed E-state index contributed by atoms with van der Waals surface area (Å²) >= 11 is 0. The van der Waals surface area contributed by atoms with Gasteiger partial charge in [0.05, 0.1) is 0 Å². The van der Waals surface area contributed by atoms with Crippen molar-refractivity contribution in [3.8, 4) is 0 Å². The topological polar surface area (TPSA) is 60.2 Å². The van der Waals surface area contributed by atoms with Gasteiger partial charge in [-0.05, 0) is 12.8 Å². The molecule has 0 heterocycles. The van der Waals surface area contributed by atoms with E-state index in [0.29, 0.717) is 12.8 Å². The molecule has 0 aliphatic carbocycles. The molecular weight excluding hydrogens is 306 g/mol. The number of carbonyl (C=O) groups excluding carboxylic acids is 1. The van der Waals surface area contributed by atoms with Crippen molar-refractivity contribution < 1.29 is 12.6 Å². The van der Waals surface area contributed by atoms with Gasteiger partial charge in [0.1, 0.15) is 0 Å². The van der Waals surface area contributed by atoms with Gasteiger partial charge in [-0.3, -0.25) is 14.9 Å². The van der Waals surface area contributed by atoms with Crippen LogP contribution in [0.15, 0.2) is 0 Å². The standard InChI is InChI=1S/C17H33NO3.Ca.2H/c1-3-5-7-9-10-11-12-14-16(18(20)21)17(19)15-13-8-6-4-2;;;/h16H,3-15H2,1-2H3;;;/q;+2;2*-1. The van der Waals surface area contributed by atoms with Gasteiger partial charge in [0.15, 0.2) is 0 Å². The van der Waals surface area contributed by atoms with E-state index in [-0.39, 0.29) is 51.3 Å². The van der Waals surface area contributed by atoms with Gasteiger partial charge < -0.3 is 2.85 Å². The van der Waals surface area contributed by atoms with Crippen LogP contribution in [0.25, 0.3) is 0 Å². The summed E-state index contributed by atoms with van der Waals surface area (Å²) in [6.45, 7) is 4.30. The van der Waals surface area contributed by atoms with E-state index in [1.807, 2.05) is 0 Å². The molecule has 0 aromatic carbocycles. The fraction of sp³-hybridized carbons (Fsp3) is 0.941. The molecule has 0 aromatic heterocycles. The van der Waals surface area contributed by atoms with Crippen molar-refractivity contribution >= 4 is 43.5 Å². The molecule has 0 aliphatic heterocycles. The number of nitrogens with zero attached hydrogens (tertiary/aromatic N) is 1. The van der Waals surface area contributed by atoms with E-state index in [0.717, 1.165) is 44.9 Å². The Morgan fingerprint density at radius 3 is 1.86 bits per heavy atom. The first-order valence-electron chi connectivity index (χ1n) is 8.79. The second-order valence-corrected chi connectivity index (χ2v) is 5.99. The van der Waals surface area contributed by atoms with Gasteiger partial charge >= 0.3 is 37.7 Å². The van der Waals surface area contributed by atoms with Crippen LogP contribution in [-0.4, -0.2) is 54.5 Å². The number of ketones is 1. The molecule has 0 aromatic rings. The monoisotopic (exact) mass is 341 g/mol. The number of hydrogen-bond donors (Lipinski definition) is 0. The number of carbonyl (C=O) groups is 1. The maximum Gasteiger partial charge on any atom is 2.00 e. The van der Waals surface area contributed by atoms with Gasteiger partial charge in [0.25, 0.3) is 6.04 Å². The molecule has 0 N–H and O–H groups in total. The molecule has 5 heteroatoms. The SMILES string of the molecule is CCCCCCCCCC(C(=O)CCCCCC)[N+](=O)[O-].[Ca+2].[H-].[H-]. The van der Waals surface area contributed by atoms with Crippen molar-refractivity contribution in [2.75, 3.05) is 0 Å². The van der Waals surface area contributed by atoms with Crippen LogP contribution in [-0.2, 0) is 4.79 Å². The fourth-order valence-corrected chi connectivity index (χ4v) is 2.57. The van der Waals surface area contributed by atoms with Gasteiger partial charge in [-0.15, -0.1) is 0 Å². The van der Waals surface area contributed by atoms with E-state index in [2.05, 4.69) is 13.8 Å². The van der Waals surface area contributed by atoms with Crippen LogP contribution in [0.1, 0.15) is 100 Å². The predicted octanol–water partition coefficient (Wildman–Crippen LogP) is 5.16. The minimum atomic E-state index is -0.956. The fourth-order valence-electron chi connectivity index (χ4n) is 2.57. The minimum absolute atomic E-state index is 0. The molecule has 128 valence electrons. The molecule has 22 heavy (non-hydrogen) atoms. The second kappa shape index (κ2) is 17.7. The van der Waals surface area contributed by atoms with Crippen molar-refractivity contribution in [1.29, 1.82) is 0 Å². The largest absolute Gasteiger partial charge is 2.00 e. The molecular formula is C17H35CaNO3. The maximum atomic E-state index is 11.9. The molecule has 0 aliphatic rings. The minimum Gasteiger partial charge on any atom is -1.00 e. The van der Waals surface area contributed by atoms with Crippen molar-refractivity contribution in [1.82, 2.24) is 0 Å². The van der Waals surface area contributed by atoms with Crippen molar-refractivity contribution in [3.63, 3.8) is 0 Å². The Bertz CT molecular complexity index is 295. The van der Waals surface area contributed by atoms with E-state index in [1.165, 1.54) is 25.7 Å². The van der Waals surface area contributed by atoms with Gasteiger partial charge in [-0.25, -0.2) is 0 Å². The summed E-state index contributed by atoms with van der Waals surface area (Å²) in [5.41, 5.74) is 0. The average Bonchev–Trinajstić information content (AvgIpc) is 2.46. The van der Waals surface area contributed by atoms with Crippen molar-refractivity contribution in [2.24, 2.45) is 0 Å². The number of hydrogen-bond acceptors (Lipinski definition) is 3. The van der Waals surface area contributed by atoms with Crippen LogP contribution >= 0.6 is 0 Å². The number of unbranched alkanes of at least 4 members (excludes halogenated alkanes) is 9. The van der Waals surface area contributed by atoms with Crippen LogP contribution in [0.5, 0.6) is 0 Å². The Kier molecular flexibility index (Phi) is 19.8. The van der Waals surface area contributed by atoms with Gasteiger partial charge in [0.2, 0.25) is 5.78 Å². The summed E-state index contributed by atoms with van der Waals surface area (Å²) in [5, 5.41) is 11.0. The summed E-state index contributed by atoms with van der Waals surface area (Å²) in [6.07, 6.45) is 12.7. The quantitative estimate of drug-likeness (QED) is 0.179. The van der Waals surface area contributed by atoms with E-state index in [1.54, 1.807) is 0 Å². The third kappa shape index (κ3) is 14.0. The Balaban J connectivity index is -0.000000667. The molecule has 4 nitrogen and oxygen atoms in total. The Morgan fingerprint density at radius 2 is 1.36 bits per heavy atom. The van der Waals surface area contributed by atoms with Crippen molar-refractivity contribution in [2.45, 2.75) is 103 Å². The molecule has 1 atom stereocenters.